The van der Waals surface area contributed by atoms with E-state index >= 15 is 0 Å². The van der Waals surface area contributed by atoms with E-state index in [1.807, 2.05) is 13.1 Å². The maximum Gasteiger partial charge on any atom is 0.316 e. The highest BCUT2D eigenvalue weighted by Gasteiger charge is 2.35. The lowest BCUT2D eigenvalue weighted by molar-refractivity contribution is -0.139. The summed E-state index contributed by atoms with van der Waals surface area (Å²) < 4.78 is 4.96. The monoisotopic (exact) mass is 347 g/mol. The third kappa shape index (κ3) is 4.29. The normalized spacial score (nSPS) is 23.5. The van der Waals surface area contributed by atoms with Crippen molar-refractivity contribution in [2.75, 3.05) is 30.3 Å². The first-order valence-electron chi connectivity index (χ1n) is 8.71. The quantitative estimate of drug-likeness (QED) is 0.462. The molecule has 1 aliphatic carbocycles. The highest BCUT2D eigenvalue weighted by molar-refractivity contribution is 7.99. The van der Waals surface area contributed by atoms with Crippen LogP contribution in [0.1, 0.15) is 39.0 Å². The van der Waals surface area contributed by atoms with Gasteiger partial charge in [-0.1, -0.05) is 23.9 Å². The largest absolute Gasteiger partial charge is 0.465 e. The molecule has 0 N–H and O–H groups in total. The lowest BCUT2D eigenvalue weighted by Gasteiger charge is -2.44. The molecule has 1 saturated heterocycles. The van der Waals surface area contributed by atoms with Gasteiger partial charge in [-0.05, 0) is 44.4 Å². The Morgan fingerprint density at radius 1 is 1.38 bits per heavy atom. The highest BCUT2D eigenvalue weighted by atomic mass is 32.2. The second kappa shape index (κ2) is 8.01. The number of nitrogens with zero attached hydrogens (tertiary/aromatic N) is 3. The first-order valence-corrected chi connectivity index (χ1v) is 9.70. The topological polar surface area (TPSA) is 55.3 Å². The van der Waals surface area contributed by atoms with E-state index in [2.05, 4.69) is 22.0 Å². The van der Waals surface area contributed by atoms with Crippen LogP contribution in [-0.4, -0.2) is 41.4 Å². The number of thioether (sulfide) groups is 1. The molecule has 0 amide bonds. The van der Waals surface area contributed by atoms with Gasteiger partial charge in [0, 0.05) is 13.1 Å². The molecule has 1 aliphatic heterocycles. The number of allylic oxidation sites excluding steroid dienone is 2. The predicted molar refractivity (Wildman–Crippen MR) is 96.3 cm³/mol. The first kappa shape index (κ1) is 17.3. The van der Waals surface area contributed by atoms with E-state index in [9.17, 15) is 4.79 Å². The third-order valence-electron chi connectivity index (χ3n) is 4.79. The Morgan fingerprint density at radius 2 is 2.29 bits per heavy atom. The van der Waals surface area contributed by atoms with Crippen LogP contribution in [0.4, 0.5) is 5.82 Å². The Balaban J connectivity index is 1.65. The maximum absolute atomic E-state index is 11.5. The molecule has 2 aliphatic rings. The zero-order valence-corrected chi connectivity index (χ0v) is 15.1. The summed E-state index contributed by atoms with van der Waals surface area (Å²) in [6.45, 7) is 4.31. The van der Waals surface area contributed by atoms with Crippen LogP contribution in [0.3, 0.4) is 0 Å². The Bertz CT molecular complexity index is 608. The number of ether oxygens (including phenoxy) is 1. The lowest BCUT2D eigenvalue weighted by atomic mass is 9.71. The van der Waals surface area contributed by atoms with Gasteiger partial charge >= 0.3 is 5.97 Å². The molecule has 2 heterocycles. The maximum atomic E-state index is 11.5. The number of hydrogen-bond acceptors (Lipinski definition) is 6. The Labute approximate surface area is 147 Å². The van der Waals surface area contributed by atoms with Crippen LogP contribution in [0.15, 0.2) is 29.6 Å². The van der Waals surface area contributed by atoms with Gasteiger partial charge in [-0.2, -0.15) is 0 Å². The fourth-order valence-electron chi connectivity index (χ4n) is 3.61. The van der Waals surface area contributed by atoms with Crippen molar-refractivity contribution in [2.24, 2.45) is 5.41 Å². The van der Waals surface area contributed by atoms with Crippen LogP contribution in [0.2, 0.25) is 0 Å². The summed E-state index contributed by atoms with van der Waals surface area (Å²) in [5.41, 5.74) is 0.406. The van der Waals surface area contributed by atoms with E-state index in [-0.39, 0.29) is 11.7 Å². The molecule has 0 saturated carbocycles. The van der Waals surface area contributed by atoms with Gasteiger partial charge in [-0.15, -0.1) is 0 Å². The van der Waals surface area contributed by atoms with Crippen molar-refractivity contribution in [3.05, 3.63) is 24.5 Å². The van der Waals surface area contributed by atoms with Crippen molar-refractivity contribution in [1.82, 2.24) is 9.97 Å². The fourth-order valence-corrected chi connectivity index (χ4v) is 4.26. The van der Waals surface area contributed by atoms with Gasteiger partial charge in [0.2, 0.25) is 0 Å². The van der Waals surface area contributed by atoms with Gasteiger partial charge in [-0.25, -0.2) is 4.98 Å². The van der Waals surface area contributed by atoms with E-state index < -0.39 is 0 Å². The van der Waals surface area contributed by atoms with Crippen LogP contribution in [0.5, 0.6) is 0 Å². The van der Waals surface area contributed by atoms with Gasteiger partial charge in [-0.3, -0.25) is 9.78 Å². The van der Waals surface area contributed by atoms with Crippen molar-refractivity contribution in [3.63, 3.8) is 0 Å². The van der Waals surface area contributed by atoms with Gasteiger partial charge in [0.15, 0.2) is 0 Å². The molecule has 6 heteroatoms. The molecule has 130 valence electrons. The van der Waals surface area contributed by atoms with E-state index in [0.29, 0.717) is 12.0 Å². The van der Waals surface area contributed by atoms with E-state index in [1.54, 1.807) is 6.20 Å². The fraction of sp³-hybridized carbons (Fsp3) is 0.611. The second-order valence-electron chi connectivity index (χ2n) is 6.55. The van der Waals surface area contributed by atoms with E-state index in [1.165, 1.54) is 43.9 Å². The molecule has 0 aromatic carbocycles. The minimum absolute atomic E-state index is 0.208. The zero-order chi connectivity index (χ0) is 16.8. The molecule has 0 radical (unpaired) electrons. The van der Waals surface area contributed by atoms with Crippen molar-refractivity contribution in [1.29, 1.82) is 0 Å². The standard InChI is InChI=1S/C18H25N3O2S/c1-2-23-17(22)13-24-16-12-19-11-15(20-16)21-10-6-9-18(14-21)7-4-3-5-8-18/h3-4,11-12H,2,5-10,13-14H2,1H3. The summed E-state index contributed by atoms with van der Waals surface area (Å²) >= 11 is 1.39. The summed E-state index contributed by atoms with van der Waals surface area (Å²) in [6.07, 6.45) is 14.3. The first-order chi connectivity index (χ1) is 11.7. The molecule has 5 nitrogen and oxygen atoms in total. The van der Waals surface area contributed by atoms with Crippen molar-refractivity contribution >= 4 is 23.5 Å². The van der Waals surface area contributed by atoms with Crippen LogP contribution in [-0.2, 0) is 9.53 Å². The number of hydrogen-bond donors (Lipinski definition) is 0. The zero-order valence-electron chi connectivity index (χ0n) is 14.2. The van der Waals surface area contributed by atoms with E-state index in [0.717, 1.165) is 23.9 Å². The van der Waals surface area contributed by atoms with E-state index in [4.69, 9.17) is 9.72 Å². The van der Waals surface area contributed by atoms with Gasteiger partial charge in [0.1, 0.15) is 10.8 Å². The van der Waals surface area contributed by atoms with Gasteiger partial charge in [0.05, 0.1) is 24.8 Å². The average molecular weight is 347 g/mol. The molecule has 1 fully saturated rings. The molecule has 1 unspecified atom stereocenters. The number of carbonyl (C=O) groups excluding carboxylic acids is 1. The minimum Gasteiger partial charge on any atom is -0.465 e. The Morgan fingerprint density at radius 3 is 3.08 bits per heavy atom. The highest BCUT2D eigenvalue weighted by Crippen LogP contribution is 2.41. The summed E-state index contributed by atoms with van der Waals surface area (Å²) in [5, 5.41) is 0.781. The van der Waals surface area contributed by atoms with Crippen LogP contribution in [0.25, 0.3) is 0 Å². The lowest BCUT2D eigenvalue weighted by Crippen LogP contribution is -2.44. The van der Waals surface area contributed by atoms with Crippen LogP contribution in [0, 0.1) is 5.41 Å². The van der Waals surface area contributed by atoms with Crippen molar-refractivity contribution < 1.29 is 9.53 Å². The Kier molecular flexibility index (Phi) is 5.76. The number of anilines is 1. The Hall–Kier alpha value is -1.56. The van der Waals surface area contributed by atoms with Crippen molar-refractivity contribution in [3.8, 4) is 0 Å². The summed E-state index contributed by atoms with van der Waals surface area (Å²) in [4.78, 5) is 22.9. The number of carbonyl (C=O) groups is 1. The number of piperidine rings is 1. The third-order valence-corrected chi connectivity index (χ3v) is 5.66. The van der Waals surface area contributed by atoms with Gasteiger partial charge in [0.25, 0.3) is 0 Å². The molecule has 24 heavy (non-hydrogen) atoms. The summed E-state index contributed by atoms with van der Waals surface area (Å²) in [6, 6.07) is 0. The number of rotatable bonds is 5. The molecule has 1 aromatic rings. The summed E-state index contributed by atoms with van der Waals surface area (Å²) in [5.74, 6) is 0.999. The van der Waals surface area contributed by atoms with Crippen LogP contribution < -0.4 is 4.90 Å². The predicted octanol–water partition coefficient (Wildman–Crippen LogP) is 3.46. The average Bonchev–Trinajstić information content (AvgIpc) is 2.61. The molecule has 3 rings (SSSR count). The molecular formula is C18H25N3O2S. The second-order valence-corrected chi connectivity index (χ2v) is 7.54. The molecule has 1 spiro atoms. The number of esters is 1. The number of aromatic nitrogens is 2. The smallest absolute Gasteiger partial charge is 0.316 e. The molecule has 0 bridgehead atoms. The summed E-state index contributed by atoms with van der Waals surface area (Å²) in [7, 11) is 0. The minimum atomic E-state index is -0.208. The molecule has 1 aromatic heterocycles. The molecule has 1 atom stereocenters. The van der Waals surface area contributed by atoms with Gasteiger partial charge < -0.3 is 9.64 Å². The molecular weight excluding hydrogens is 322 g/mol. The van der Waals surface area contributed by atoms with Crippen LogP contribution >= 0.6 is 11.8 Å². The van der Waals surface area contributed by atoms with Crippen molar-refractivity contribution in [2.45, 2.75) is 44.1 Å². The SMILES string of the molecule is CCOC(=O)CSc1cncc(N2CCCC3(CC=CCC3)C2)n1.